The largest absolute Gasteiger partial charge is 0.435 e. The minimum absolute atomic E-state index is 0.0391. The zero-order valence-corrected chi connectivity index (χ0v) is 6.09. The average Bonchev–Trinajstić information content (AvgIpc) is 1.82. The van der Waals surface area contributed by atoms with Crippen LogP contribution in [0, 0.1) is 0 Å². The lowest BCUT2D eigenvalue weighted by molar-refractivity contribution is -0.147. The van der Waals surface area contributed by atoms with Gasteiger partial charge in [0.05, 0.1) is 0 Å². The summed E-state index contributed by atoms with van der Waals surface area (Å²) >= 11 is 0. The van der Waals surface area contributed by atoms with Crippen molar-refractivity contribution in [2.24, 2.45) is 5.73 Å². The Labute approximate surface area is 59.6 Å². The Balaban J connectivity index is 3.54. The number of nitrogens with two attached hydrogens (primary N) is 1. The molecule has 0 aromatic carbocycles. The van der Waals surface area contributed by atoms with Gasteiger partial charge in [0.25, 0.3) is 0 Å². The lowest BCUT2D eigenvalue weighted by atomic mass is 10.4. The summed E-state index contributed by atoms with van der Waals surface area (Å²) in [6.45, 7) is 1.57. The van der Waals surface area contributed by atoms with E-state index in [-0.39, 0.29) is 6.79 Å². The van der Waals surface area contributed by atoms with Crippen LogP contribution in [0.2, 0.25) is 0 Å². The van der Waals surface area contributed by atoms with Gasteiger partial charge < -0.3 is 15.2 Å². The predicted molar refractivity (Wildman–Crippen MR) is 35.9 cm³/mol. The fourth-order valence-corrected chi connectivity index (χ4v) is 0.345. The monoisotopic (exact) mass is 145 g/mol. The maximum atomic E-state index is 10.6. The minimum Gasteiger partial charge on any atom is -0.435 e. The van der Waals surface area contributed by atoms with Crippen LogP contribution in [0.1, 0.15) is 6.92 Å². The molecule has 0 radical (unpaired) electrons. The first-order valence-electron chi connectivity index (χ1n) is 2.76. The molecule has 58 valence electrons. The van der Waals surface area contributed by atoms with Crippen molar-refractivity contribution in [2.45, 2.75) is 6.92 Å². The van der Waals surface area contributed by atoms with Crippen molar-refractivity contribution in [3.8, 4) is 0 Å². The molecule has 0 saturated carbocycles. The number of esters is 1. The van der Waals surface area contributed by atoms with Gasteiger partial charge in [0, 0.05) is 18.9 Å². The topological polar surface area (TPSA) is 61.5 Å². The maximum Gasteiger partial charge on any atom is 0.334 e. The highest BCUT2D eigenvalue weighted by molar-refractivity contribution is 5.82. The number of ether oxygens (including phenoxy) is 2. The van der Waals surface area contributed by atoms with Crippen LogP contribution >= 0.6 is 0 Å². The number of carbonyl (C=O) groups excluding carboxylic acids is 1. The number of rotatable bonds is 3. The van der Waals surface area contributed by atoms with Gasteiger partial charge in [-0.25, -0.2) is 4.79 Å². The third-order valence-electron chi connectivity index (χ3n) is 0.665. The number of hydrogen-bond donors (Lipinski definition) is 1. The van der Waals surface area contributed by atoms with Gasteiger partial charge in [0.1, 0.15) is 0 Å². The molecule has 0 atom stereocenters. The number of hydrogen-bond acceptors (Lipinski definition) is 4. The van der Waals surface area contributed by atoms with Gasteiger partial charge in [-0.05, 0) is 6.92 Å². The highest BCUT2D eigenvalue weighted by Gasteiger charge is 1.94. The first-order chi connectivity index (χ1) is 4.66. The van der Waals surface area contributed by atoms with Crippen molar-refractivity contribution in [3.05, 3.63) is 11.8 Å². The van der Waals surface area contributed by atoms with Crippen molar-refractivity contribution >= 4 is 5.97 Å². The lowest BCUT2D eigenvalue weighted by Gasteiger charge is -1.97. The van der Waals surface area contributed by atoms with Crippen molar-refractivity contribution in [1.82, 2.24) is 0 Å². The molecule has 0 fully saturated rings. The Kier molecular flexibility index (Phi) is 4.32. The van der Waals surface area contributed by atoms with E-state index in [4.69, 9.17) is 5.73 Å². The predicted octanol–water partition coefficient (Wildman–Crippen LogP) is -0.00400. The van der Waals surface area contributed by atoms with Crippen LogP contribution in [-0.2, 0) is 14.3 Å². The molecule has 0 heterocycles. The summed E-state index contributed by atoms with van der Waals surface area (Å²) < 4.78 is 8.97. The molecule has 0 unspecified atom stereocenters. The van der Waals surface area contributed by atoms with E-state index >= 15 is 0 Å². The fraction of sp³-hybridized carbons (Fsp3) is 0.500. The van der Waals surface area contributed by atoms with Crippen LogP contribution in [0.5, 0.6) is 0 Å². The van der Waals surface area contributed by atoms with Crippen molar-refractivity contribution in [2.75, 3.05) is 13.9 Å². The summed E-state index contributed by atoms with van der Waals surface area (Å²) in [5.74, 6) is -0.484. The Bertz CT molecular complexity index is 138. The minimum atomic E-state index is -0.484. The summed E-state index contributed by atoms with van der Waals surface area (Å²) in [5, 5.41) is 0. The number of methoxy groups -OCH3 is 1. The molecule has 0 aliphatic carbocycles. The van der Waals surface area contributed by atoms with Gasteiger partial charge in [0.15, 0.2) is 6.79 Å². The molecule has 0 rings (SSSR count). The molecule has 0 aromatic rings. The van der Waals surface area contributed by atoms with Gasteiger partial charge in [-0.1, -0.05) is 0 Å². The summed E-state index contributed by atoms with van der Waals surface area (Å²) in [6.07, 6.45) is 1.19. The van der Waals surface area contributed by atoms with Crippen LogP contribution in [0.4, 0.5) is 0 Å². The second-order valence-corrected chi connectivity index (χ2v) is 1.76. The van der Waals surface area contributed by atoms with E-state index in [0.717, 1.165) is 0 Å². The smallest absolute Gasteiger partial charge is 0.334 e. The van der Waals surface area contributed by atoms with Crippen molar-refractivity contribution in [3.63, 3.8) is 0 Å². The molecule has 0 bridgehead atoms. The Morgan fingerprint density at radius 2 is 2.30 bits per heavy atom. The third kappa shape index (κ3) is 5.11. The van der Waals surface area contributed by atoms with E-state index in [1.807, 2.05) is 0 Å². The van der Waals surface area contributed by atoms with E-state index in [9.17, 15) is 4.79 Å². The molecule has 0 aliphatic rings. The van der Waals surface area contributed by atoms with E-state index in [1.165, 1.54) is 13.2 Å². The third-order valence-corrected chi connectivity index (χ3v) is 0.665. The molecule has 0 amide bonds. The molecule has 4 nitrogen and oxygen atoms in total. The van der Waals surface area contributed by atoms with Gasteiger partial charge in [-0.3, -0.25) is 0 Å². The molecule has 0 spiro atoms. The van der Waals surface area contributed by atoms with Crippen LogP contribution in [0.15, 0.2) is 11.8 Å². The standard InChI is InChI=1S/C6H11NO3/c1-5(7)3-6(8)10-4-9-2/h3H,4,7H2,1-2H3/b5-3-. The Morgan fingerprint density at radius 1 is 1.70 bits per heavy atom. The van der Waals surface area contributed by atoms with E-state index in [1.54, 1.807) is 6.92 Å². The molecule has 10 heavy (non-hydrogen) atoms. The van der Waals surface area contributed by atoms with Crippen LogP contribution in [-0.4, -0.2) is 19.9 Å². The molecule has 0 saturated heterocycles. The van der Waals surface area contributed by atoms with Gasteiger partial charge >= 0.3 is 5.97 Å². The van der Waals surface area contributed by atoms with Crippen molar-refractivity contribution < 1.29 is 14.3 Å². The van der Waals surface area contributed by atoms with Gasteiger partial charge in [-0.2, -0.15) is 0 Å². The maximum absolute atomic E-state index is 10.6. The van der Waals surface area contributed by atoms with Crippen LogP contribution < -0.4 is 5.73 Å². The summed E-state index contributed by atoms with van der Waals surface area (Å²) in [5.41, 5.74) is 5.60. The summed E-state index contributed by atoms with van der Waals surface area (Å²) in [7, 11) is 1.44. The van der Waals surface area contributed by atoms with Gasteiger partial charge in [0.2, 0.25) is 0 Å². The molecule has 4 heteroatoms. The van der Waals surface area contributed by atoms with Crippen molar-refractivity contribution in [1.29, 1.82) is 0 Å². The Hall–Kier alpha value is -1.03. The molecular formula is C6H11NO3. The molecule has 0 aromatic heterocycles. The normalized spacial score (nSPS) is 11.2. The zero-order valence-electron chi connectivity index (χ0n) is 6.09. The van der Waals surface area contributed by atoms with Gasteiger partial charge in [-0.15, -0.1) is 0 Å². The van der Waals surface area contributed by atoms with E-state index < -0.39 is 5.97 Å². The highest BCUT2D eigenvalue weighted by Crippen LogP contribution is 1.84. The highest BCUT2D eigenvalue weighted by atomic mass is 16.7. The number of allylic oxidation sites excluding steroid dienone is 1. The first kappa shape index (κ1) is 8.97. The summed E-state index contributed by atoms with van der Waals surface area (Å²) in [4.78, 5) is 10.6. The zero-order chi connectivity index (χ0) is 7.98. The molecule has 0 aliphatic heterocycles. The van der Waals surface area contributed by atoms with E-state index in [2.05, 4.69) is 9.47 Å². The molecule has 2 N–H and O–H groups in total. The van der Waals surface area contributed by atoms with Crippen LogP contribution in [0.3, 0.4) is 0 Å². The Morgan fingerprint density at radius 3 is 2.70 bits per heavy atom. The average molecular weight is 145 g/mol. The summed E-state index contributed by atoms with van der Waals surface area (Å²) in [6, 6.07) is 0. The first-order valence-corrected chi connectivity index (χ1v) is 2.76. The number of carbonyl (C=O) groups is 1. The fourth-order valence-electron chi connectivity index (χ4n) is 0.345. The van der Waals surface area contributed by atoms with E-state index in [0.29, 0.717) is 5.70 Å². The quantitative estimate of drug-likeness (QED) is 0.345. The second kappa shape index (κ2) is 4.81. The molecular weight excluding hydrogens is 134 g/mol. The van der Waals surface area contributed by atoms with Crippen LogP contribution in [0.25, 0.3) is 0 Å². The SMILES string of the molecule is COCOC(=O)/C=C(/C)N. The second-order valence-electron chi connectivity index (χ2n) is 1.76. The lowest BCUT2D eigenvalue weighted by Crippen LogP contribution is -2.06.